The Morgan fingerprint density at radius 1 is 1.28 bits per heavy atom. The topological polar surface area (TPSA) is 36.3 Å². The molecule has 18 heavy (non-hydrogen) atoms. The number of rotatable bonds is 3. The maximum atomic E-state index is 8.67. The Balaban J connectivity index is 1.94. The van der Waals surface area contributed by atoms with Gasteiger partial charge in [-0.2, -0.15) is 5.26 Å². The van der Waals surface area contributed by atoms with E-state index in [0.717, 1.165) is 31.7 Å². The van der Waals surface area contributed by atoms with Crippen LogP contribution in [0.15, 0.2) is 18.2 Å². The van der Waals surface area contributed by atoms with E-state index < -0.39 is 0 Å². The van der Waals surface area contributed by atoms with Gasteiger partial charge < -0.3 is 4.74 Å². The third-order valence-electron chi connectivity index (χ3n) is 3.52. The quantitative estimate of drug-likeness (QED) is 0.767. The summed E-state index contributed by atoms with van der Waals surface area (Å²) in [6.45, 7) is 6.64. The second-order valence-electron chi connectivity index (χ2n) is 4.97. The normalized spacial score (nSPS) is 17.4. The first-order chi connectivity index (χ1) is 8.70. The summed E-state index contributed by atoms with van der Waals surface area (Å²) in [5.41, 5.74) is 2.41. The Labute approximate surface area is 109 Å². The van der Waals surface area contributed by atoms with Crippen LogP contribution in [0.5, 0.6) is 5.75 Å². The van der Waals surface area contributed by atoms with E-state index in [1.54, 1.807) is 0 Å². The van der Waals surface area contributed by atoms with Gasteiger partial charge in [0.2, 0.25) is 0 Å². The van der Waals surface area contributed by atoms with Crippen LogP contribution in [0.3, 0.4) is 0 Å². The maximum absolute atomic E-state index is 8.67. The molecule has 96 valence electrons. The summed E-state index contributed by atoms with van der Waals surface area (Å²) in [5, 5.41) is 8.67. The van der Waals surface area contributed by atoms with Crippen molar-refractivity contribution in [3.8, 4) is 11.8 Å². The van der Waals surface area contributed by atoms with E-state index in [-0.39, 0.29) is 0 Å². The number of nitriles is 1. The first kappa shape index (κ1) is 12.9. The van der Waals surface area contributed by atoms with Crippen molar-refractivity contribution in [2.24, 2.45) is 0 Å². The minimum absolute atomic E-state index is 0.291. The highest BCUT2D eigenvalue weighted by atomic mass is 16.5. The first-order valence-corrected chi connectivity index (χ1v) is 6.53. The first-order valence-electron chi connectivity index (χ1n) is 6.53. The van der Waals surface area contributed by atoms with Crippen molar-refractivity contribution in [3.63, 3.8) is 0 Å². The van der Waals surface area contributed by atoms with Gasteiger partial charge >= 0.3 is 0 Å². The molecule has 3 nitrogen and oxygen atoms in total. The van der Waals surface area contributed by atoms with Crippen LogP contribution in [0.25, 0.3) is 0 Å². The summed E-state index contributed by atoms with van der Waals surface area (Å²) >= 11 is 0. The van der Waals surface area contributed by atoms with Gasteiger partial charge in [0.05, 0.1) is 12.6 Å². The fourth-order valence-electron chi connectivity index (χ4n) is 2.44. The fraction of sp³-hybridized carbons (Fsp3) is 0.533. The molecule has 0 saturated carbocycles. The zero-order chi connectivity index (χ0) is 13.0. The van der Waals surface area contributed by atoms with E-state index in [1.165, 1.54) is 11.1 Å². The second-order valence-corrected chi connectivity index (χ2v) is 4.97. The predicted octanol–water partition coefficient (Wildman–Crippen LogP) is 2.67. The van der Waals surface area contributed by atoms with Gasteiger partial charge in [0.25, 0.3) is 0 Å². The number of benzene rings is 1. The van der Waals surface area contributed by atoms with E-state index in [0.29, 0.717) is 12.6 Å². The smallest absolute Gasteiger partial charge is 0.125 e. The molecule has 1 aromatic rings. The van der Waals surface area contributed by atoms with Gasteiger partial charge in [-0.15, -0.1) is 0 Å². The Morgan fingerprint density at radius 2 is 1.89 bits per heavy atom. The van der Waals surface area contributed by atoms with Crippen molar-refractivity contribution in [2.75, 3.05) is 19.6 Å². The van der Waals surface area contributed by atoms with Crippen molar-refractivity contribution in [3.05, 3.63) is 29.3 Å². The Bertz CT molecular complexity index is 422. The molecule has 0 aliphatic carbocycles. The molecule has 1 saturated heterocycles. The Kier molecular flexibility index (Phi) is 4.22. The maximum Gasteiger partial charge on any atom is 0.125 e. The van der Waals surface area contributed by atoms with Crippen LogP contribution < -0.4 is 4.74 Å². The number of likely N-dealkylation sites (tertiary alicyclic amines) is 1. The Hall–Kier alpha value is -1.53. The molecule has 2 rings (SSSR count). The van der Waals surface area contributed by atoms with Crippen LogP contribution in [0.2, 0.25) is 0 Å². The highest BCUT2D eigenvalue weighted by Crippen LogP contribution is 2.26. The van der Waals surface area contributed by atoms with Crippen LogP contribution >= 0.6 is 0 Å². The molecule has 0 bridgehead atoms. The van der Waals surface area contributed by atoms with Gasteiger partial charge in [0.15, 0.2) is 0 Å². The molecular formula is C15H20N2O. The summed E-state index contributed by atoms with van der Waals surface area (Å²) in [6.07, 6.45) is 2.31. The Morgan fingerprint density at radius 3 is 2.44 bits per heavy atom. The SMILES string of the molecule is Cc1cccc(C)c1OC1CCN(CC#N)CC1. The van der Waals surface area contributed by atoms with Crippen molar-refractivity contribution >= 4 is 0 Å². The summed E-state index contributed by atoms with van der Waals surface area (Å²) in [5.74, 6) is 1.04. The van der Waals surface area contributed by atoms with Crippen LogP contribution in [-0.2, 0) is 0 Å². The molecule has 1 aliphatic rings. The number of ether oxygens (including phenoxy) is 1. The van der Waals surface area contributed by atoms with Crippen molar-refractivity contribution in [1.29, 1.82) is 5.26 Å². The van der Waals surface area contributed by atoms with E-state index >= 15 is 0 Å². The van der Waals surface area contributed by atoms with Gasteiger partial charge in [-0.3, -0.25) is 4.90 Å². The zero-order valence-corrected chi connectivity index (χ0v) is 11.1. The van der Waals surface area contributed by atoms with Crippen molar-refractivity contribution in [2.45, 2.75) is 32.8 Å². The van der Waals surface area contributed by atoms with Gasteiger partial charge in [0.1, 0.15) is 11.9 Å². The average Bonchev–Trinajstić information content (AvgIpc) is 2.36. The predicted molar refractivity (Wildman–Crippen MR) is 71.6 cm³/mol. The molecule has 0 N–H and O–H groups in total. The van der Waals surface area contributed by atoms with Gasteiger partial charge in [0, 0.05) is 13.1 Å². The number of nitrogens with zero attached hydrogens (tertiary/aromatic N) is 2. The number of hydrogen-bond donors (Lipinski definition) is 0. The van der Waals surface area contributed by atoms with E-state index in [9.17, 15) is 0 Å². The third-order valence-corrected chi connectivity index (χ3v) is 3.52. The van der Waals surface area contributed by atoms with E-state index in [2.05, 4.69) is 43.0 Å². The molecule has 0 radical (unpaired) electrons. The van der Waals surface area contributed by atoms with E-state index in [1.807, 2.05) is 0 Å². The third kappa shape index (κ3) is 3.02. The van der Waals surface area contributed by atoms with Crippen molar-refractivity contribution in [1.82, 2.24) is 4.90 Å². The molecule has 0 aromatic heterocycles. The fourth-order valence-corrected chi connectivity index (χ4v) is 2.44. The van der Waals surface area contributed by atoms with Crippen molar-refractivity contribution < 1.29 is 4.74 Å². The van der Waals surface area contributed by atoms with Crippen LogP contribution in [0, 0.1) is 25.2 Å². The largest absolute Gasteiger partial charge is 0.490 e. The molecule has 1 aliphatic heterocycles. The molecule has 1 aromatic carbocycles. The summed E-state index contributed by atoms with van der Waals surface area (Å²) in [6, 6.07) is 8.45. The highest BCUT2D eigenvalue weighted by molar-refractivity contribution is 5.39. The molecular weight excluding hydrogens is 224 g/mol. The summed E-state index contributed by atoms with van der Waals surface area (Å²) in [4.78, 5) is 2.19. The zero-order valence-electron chi connectivity index (χ0n) is 11.1. The molecule has 3 heteroatoms. The average molecular weight is 244 g/mol. The summed E-state index contributed by atoms with van der Waals surface area (Å²) in [7, 11) is 0. The molecule has 0 amide bonds. The van der Waals surface area contributed by atoms with Gasteiger partial charge in [-0.1, -0.05) is 18.2 Å². The van der Waals surface area contributed by atoms with Crippen LogP contribution in [-0.4, -0.2) is 30.6 Å². The van der Waals surface area contributed by atoms with Gasteiger partial charge in [-0.05, 0) is 37.8 Å². The monoisotopic (exact) mass is 244 g/mol. The van der Waals surface area contributed by atoms with Crippen LogP contribution in [0.1, 0.15) is 24.0 Å². The number of para-hydroxylation sites is 1. The molecule has 0 unspecified atom stereocenters. The lowest BCUT2D eigenvalue weighted by molar-refractivity contribution is 0.106. The minimum atomic E-state index is 0.291. The number of hydrogen-bond acceptors (Lipinski definition) is 3. The number of aryl methyl sites for hydroxylation is 2. The molecule has 0 atom stereocenters. The molecule has 1 heterocycles. The summed E-state index contributed by atoms with van der Waals surface area (Å²) < 4.78 is 6.13. The minimum Gasteiger partial charge on any atom is -0.490 e. The number of piperidine rings is 1. The second kappa shape index (κ2) is 5.88. The molecule has 0 spiro atoms. The lowest BCUT2D eigenvalue weighted by Crippen LogP contribution is -2.38. The van der Waals surface area contributed by atoms with Gasteiger partial charge in [-0.25, -0.2) is 0 Å². The standard InChI is InChI=1S/C15H20N2O/c1-12-4-3-5-13(2)15(12)18-14-6-9-17(10-7-14)11-8-16/h3-5,14H,6-7,9-11H2,1-2H3. The van der Waals surface area contributed by atoms with Crippen LogP contribution in [0.4, 0.5) is 0 Å². The lowest BCUT2D eigenvalue weighted by Gasteiger charge is -2.31. The highest BCUT2D eigenvalue weighted by Gasteiger charge is 2.21. The molecule has 1 fully saturated rings. The van der Waals surface area contributed by atoms with E-state index in [4.69, 9.17) is 10.00 Å². The lowest BCUT2D eigenvalue weighted by atomic mass is 10.1.